The van der Waals surface area contributed by atoms with Crippen molar-refractivity contribution < 1.29 is 14.7 Å². The summed E-state index contributed by atoms with van der Waals surface area (Å²) in [6.45, 7) is -0.475. The molecule has 0 unspecified atom stereocenters. The molecule has 0 spiro atoms. The number of aliphatic hydroxyl groups is 1. The molecule has 0 aromatic carbocycles. The molecule has 2 N–H and O–H groups in total. The van der Waals surface area contributed by atoms with Gasteiger partial charge >= 0.3 is 0 Å². The van der Waals surface area contributed by atoms with Crippen LogP contribution < -0.4 is 5.32 Å². The minimum Gasteiger partial charge on any atom is -0.389 e. The maximum Gasteiger partial charge on any atom is 0.220 e. The van der Waals surface area contributed by atoms with Crippen LogP contribution in [0.25, 0.3) is 0 Å². The number of nitrogens with one attached hydrogen (secondary N) is 1. The molecular formula is C6H11NO3. The van der Waals surface area contributed by atoms with E-state index in [4.69, 9.17) is 5.11 Å². The zero-order valence-electron chi connectivity index (χ0n) is 5.89. The van der Waals surface area contributed by atoms with Crippen LogP contribution in [0, 0.1) is 0 Å². The van der Waals surface area contributed by atoms with Crippen molar-refractivity contribution in [2.45, 2.75) is 12.8 Å². The highest BCUT2D eigenvalue weighted by molar-refractivity contribution is 5.85. The van der Waals surface area contributed by atoms with E-state index in [2.05, 4.69) is 5.32 Å². The number of amides is 1. The van der Waals surface area contributed by atoms with Crippen LogP contribution in [0.15, 0.2) is 0 Å². The maximum absolute atomic E-state index is 10.5. The molecule has 1 amide bonds. The molecule has 0 bridgehead atoms. The first-order valence-corrected chi connectivity index (χ1v) is 3.04. The molecule has 0 atom stereocenters. The minimum absolute atomic E-state index is 0.121. The van der Waals surface area contributed by atoms with Gasteiger partial charge in [-0.3, -0.25) is 9.59 Å². The lowest BCUT2D eigenvalue weighted by molar-refractivity contribution is -0.126. The standard InChI is InChI=1S/C6H11NO3/c1-7-6(10)3-2-5(9)4-8/h8H,2-4H2,1H3,(H,7,10). The molecular weight excluding hydrogens is 134 g/mol. The molecule has 58 valence electrons. The van der Waals surface area contributed by atoms with E-state index in [-0.39, 0.29) is 24.5 Å². The first kappa shape index (κ1) is 9.10. The van der Waals surface area contributed by atoms with Gasteiger partial charge in [-0.2, -0.15) is 0 Å². The number of hydrogen-bond acceptors (Lipinski definition) is 3. The largest absolute Gasteiger partial charge is 0.389 e. The first-order chi connectivity index (χ1) is 4.70. The van der Waals surface area contributed by atoms with E-state index < -0.39 is 6.61 Å². The van der Waals surface area contributed by atoms with Gasteiger partial charge in [0.1, 0.15) is 6.61 Å². The first-order valence-electron chi connectivity index (χ1n) is 3.04. The Morgan fingerprint density at radius 3 is 2.40 bits per heavy atom. The Labute approximate surface area is 59.2 Å². The van der Waals surface area contributed by atoms with Crippen LogP contribution in [0.4, 0.5) is 0 Å². The van der Waals surface area contributed by atoms with Gasteiger partial charge in [-0.15, -0.1) is 0 Å². The number of rotatable bonds is 4. The lowest BCUT2D eigenvalue weighted by Gasteiger charge is -1.95. The predicted octanol–water partition coefficient (Wildman–Crippen LogP) is -0.926. The number of Topliss-reactive ketones (excluding diaryl/α,β-unsaturated/α-hetero) is 1. The molecule has 0 aliphatic carbocycles. The number of aliphatic hydroxyl groups excluding tert-OH is 1. The van der Waals surface area contributed by atoms with Crippen LogP contribution in [0.3, 0.4) is 0 Å². The smallest absolute Gasteiger partial charge is 0.220 e. The average Bonchev–Trinajstić information content (AvgIpc) is 1.99. The molecule has 4 nitrogen and oxygen atoms in total. The Bertz CT molecular complexity index is 117. The Balaban J connectivity index is 3.35. The Hall–Kier alpha value is -0.900. The Kier molecular flexibility index (Phi) is 4.49. The monoisotopic (exact) mass is 145 g/mol. The summed E-state index contributed by atoms with van der Waals surface area (Å²) in [5.74, 6) is -0.481. The molecule has 0 aliphatic rings. The third-order valence-electron chi connectivity index (χ3n) is 1.09. The van der Waals surface area contributed by atoms with E-state index >= 15 is 0 Å². The summed E-state index contributed by atoms with van der Waals surface area (Å²) >= 11 is 0. The zero-order valence-corrected chi connectivity index (χ0v) is 5.89. The van der Waals surface area contributed by atoms with Crippen LogP contribution in [0.5, 0.6) is 0 Å². The van der Waals surface area contributed by atoms with Gasteiger partial charge in [-0.1, -0.05) is 0 Å². The second-order valence-corrected chi connectivity index (χ2v) is 1.87. The van der Waals surface area contributed by atoms with Gasteiger partial charge in [0, 0.05) is 19.9 Å². The molecule has 0 heterocycles. The molecule has 0 saturated heterocycles. The minimum atomic E-state index is -0.475. The van der Waals surface area contributed by atoms with Gasteiger partial charge in [0.2, 0.25) is 5.91 Å². The van der Waals surface area contributed by atoms with Crippen molar-refractivity contribution in [2.75, 3.05) is 13.7 Å². The van der Waals surface area contributed by atoms with Crippen molar-refractivity contribution in [2.24, 2.45) is 0 Å². The summed E-state index contributed by atoms with van der Waals surface area (Å²) in [7, 11) is 1.51. The van der Waals surface area contributed by atoms with Crippen LogP contribution >= 0.6 is 0 Å². The van der Waals surface area contributed by atoms with Gasteiger partial charge < -0.3 is 10.4 Å². The number of carbonyl (C=O) groups excluding carboxylic acids is 2. The fourth-order valence-corrected chi connectivity index (χ4v) is 0.457. The predicted molar refractivity (Wildman–Crippen MR) is 35.4 cm³/mol. The summed E-state index contributed by atoms with van der Waals surface area (Å²) in [6.07, 6.45) is 0.284. The second kappa shape index (κ2) is 4.93. The lowest BCUT2D eigenvalue weighted by atomic mass is 10.2. The van der Waals surface area contributed by atoms with Gasteiger partial charge in [0.25, 0.3) is 0 Å². The normalized spacial score (nSPS) is 9.00. The molecule has 0 aromatic rings. The van der Waals surface area contributed by atoms with Crippen molar-refractivity contribution in [1.82, 2.24) is 5.32 Å². The van der Waals surface area contributed by atoms with Crippen molar-refractivity contribution in [1.29, 1.82) is 0 Å². The highest BCUT2D eigenvalue weighted by Crippen LogP contribution is 1.88. The topological polar surface area (TPSA) is 66.4 Å². The van der Waals surface area contributed by atoms with E-state index in [1.54, 1.807) is 0 Å². The summed E-state index contributed by atoms with van der Waals surface area (Å²) < 4.78 is 0. The number of ketones is 1. The second-order valence-electron chi connectivity index (χ2n) is 1.87. The molecule has 0 aromatic heterocycles. The summed E-state index contributed by atoms with van der Waals surface area (Å²) in [5, 5.41) is 10.6. The molecule has 0 aliphatic heterocycles. The van der Waals surface area contributed by atoms with Crippen LogP contribution in [0.2, 0.25) is 0 Å². The average molecular weight is 145 g/mol. The third kappa shape index (κ3) is 4.03. The van der Waals surface area contributed by atoms with E-state index in [9.17, 15) is 9.59 Å². The lowest BCUT2D eigenvalue weighted by Crippen LogP contribution is -2.19. The molecule has 4 heteroatoms. The quantitative estimate of drug-likeness (QED) is 0.537. The summed E-state index contributed by atoms with van der Waals surface area (Å²) in [6, 6.07) is 0. The third-order valence-corrected chi connectivity index (χ3v) is 1.09. The van der Waals surface area contributed by atoms with Crippen LogP contribution in [-0.2, 0) is 9.59 Å². The van der Waals surface area contributed by atoms with E-state index in [1.165, 1.54) is 7.05 Å². The van der Waals surface area contributed by atoms with Crippen LogP contribution in [-0.4, -0.2) is 30.5 Å². The van der Waals surface area contributed by atoms with Gasteiger partial charge in [0.15, 0.2) is 5.78 Å². The summed E-state index contributed by atoms with van der Waals surface area (Å²) in [4.78, 5) is 20.9. The highest BCUT2D eigenvalue weighted by Gasteiger charge is 2.02. The Morgan fingerprint density at radius 2 is 2.00 bits per heavy atom. The zero-order chi connectivity index (χ0) is 7.98. The van der Waals surface area contributed by atoms with Crippen molar-refractivity contribution in [3.8, 4) is 0 Å². The summed E-state index contributed by atoms with van der Waals surface area (Å²) in [5.41, 5.74) is 0. The van der Waals surface area contributed by atoms with E-state index in [1.807, 2.05) is 0 Å². The van der Waals surface area contributed by atoms with Gasteiger partial charge in [0.05, 0.1) is 0 Å². The maximum atomic E-state index is 10.5. The molecule has 0 saturated carbocycles. The fourth-order valence-electron chi connectivity index (χ4n) is 0.457. The highest BCUT2D eigenvalue weighted by atomic mass is 16.3. The van der Waals surface area contributed by atoms with Gasteiger partial charge in [-0.05, 0) is 0 Å². The van der Waals surface area contributed by atoms with E-state index in [0.29, 0.717) is 0 Å². The molecule has 0 fully saturated rings. The number of hydrogen-bond donors (Lipinski definition) is 2. The SMILES string of the molecule is CNC(=O)CCC(=O)CO. The van der Waals surface area contributed by atoms with Crippen molar-refractivity contribution in [3.63, 3.8) is 0 Å². The van der Waals surface area contributed by atoms with Crippen molar-refractivity contribution in [3.05, 3.63) is 0 Å². The van der Waals surface area contributed by atoms with Crippen LogP contribution in [0.1, 0.15) is 12.8 Å². The molecule has 0 rings (SSSR count). The fraction of sp³-hybridized carbons (Fsp3) is 0.667. The molecule has 0 radical (unpaired) electrons. The Morgan fingerprint density at radius 1 is 1.40 bits per heavy atom. The molecule has 10 heavy (non-hydrogen) atoms. The number of carbonyl (C=O) groups is 2. The van der Waals surface area contributed by atoms with Gasteiger partial charge in [-0.25, -0.2) is 0 Å². The van der Waals surface area contributed by atoms with E-state index in [0.717, 1.165) is 0 Å². The van der Waals surface area contributed by atoms with Crippen molar-refractivity contribution >= 4 is 11.7 Å².